The summed E-state index contributed by atoms with van der Waals surface area (Å²) in [6.45, 7) is 0.766. The molecule has 1 nitrogen and oxygen atoms in total. The van der Waals surface area contributed by atoms with E-state index in [0.29, 0.717) is 0 Å². The fourth-order valence-corrected chi connectivity index (χ4v) is 0.849. The predicted molar refractivity (Wildman–Crippen MR) is 43.3 cm³/mol. The van der Waals surface area contributed by atoms with Crippen molar-refractivity contribution in [1.29, 1.82) is 0 Å². The van der Waals surface area contributed by atoms with Crippen LogP contribution in [0.4, 0.5) is 0 Å². The Kier molecular flexibility index (Phi) is 3.70. The van der Waals surface area contributed by atoms with E-state index in [1.165, 1.54) is 5.56 Å². The number of ether oxygens (including phenoxy) is 1. The van der Waals surface area contributed by atoms with Crippen molar-refractivity contribution in [2.45, 2.75) is 6.61 Å². The molecule has 2 bridgehead atoms. The lowest BCUT2D eigenvalue weighted by atomic mass is 10.2. The van der Waals surface area contributed by atoms with E-state index < -0.39 is 0 Å². The van der Waals surface area contributed by atoms with Crippen LogP contribution in [0.25, 0.3) is 0 Å². The molecule has 1 atom stereocenters. The molecular weight excluding hydrogens is 167 g/mol. The first-order valence-electron chi connectivity index (χ1n) is 2.67. The third kappa shape index (κ3) is 1.62. The van der Waals surface area contributed by atoms with Gasteiger partial charge in [0.2, 0.25) is 0 Å². The summed E-state index contributed by atoms with van der Waals surface area (Å²) in [6.07, 6.45) is 0. The van der Waals surface area contributed by atoms with Crippen LogP contribution in [0.2, 0.25) is 0 Å². The second-order valence-electron chi connectivity index (χ2n) is 1.93. The Balaban J connectivity index is 0.000000405. The quantitative estimate of drug-likeness (QED) is 0.432. The minimum Gasteiger partial charge on any atom is -1.00 e. The topological polar surface area (TPSA) is 9.23 Å². The van der Waals surface area contributed by atoms with Crippen LogP contribution in [0.15, 0.2) is 24.3 Å². The Hall–Kier alpha value is -0.260. The lowest BCUT2D eigenvalue weighted by Crippen LogP contribution is -3.00. The van der Waals surface area contributed by atoms with Gasteiger partial charge in [-0.25, -0.2) is 0 Å². The molecule has 0 amide bonds. The minimum atomic E-state index is 0. The van der Waals surface area contributed by atoms with Crippen molar-refractivity contribution in [3.05, 3.63) is 29.8 Å². The first-order chi connectivity index (χ1) is 3.95. The summed E-state index contributed by atoms with van der Waals surface area (Å²) >= 11 is 0. The highest BCUT2D eigenvalue weighted by Gasteiger charge is 2.01. The Labute approximate surface area is 69.8 Å². The van der Waals surface area contributed by atoms with Crippen LogP contribution in [0.5, 0.6) is 5.75 Å². The fourth-order valence-electron chi connectivity index (χ4n) is 0.849. The molecule has 3 heteroatoms. The molecule has 0 aliphatic carbocycles. The normalized spacial score (nSPS) is 10.8. The van der Waals surface area contributed by atoms with Crippen molar-refractivity contribution in [2.24, 2.45) is 0 Å². The molecule has 56 valence electrons. The second-order valence-corrected chi connectivity index (χ2v) is 1.93. The first kappa shape index (κ1) is 9.74. The molecule has 2 aliphatic rings. The standard InChI is InChI=1S/C7H6O.ClH.H3P/c1-3-7-4-2-6(1)5-8-7;;/h1-4H,5H2;1H;1H3. The molecular formula is C7H10ClOP. The Morgan fingerprint density at radius 3 is 1.80 bits per heavy atom. The summed E-state index contributed by atoms with van der Waals surface area (Å²) in [5, 5.41) is 0. The van der Waals surface area contributed by atoms with Gasteiger partial charge in [0.05, 0.1) is 0 Å². The average Bonchev–Trinajstić information content (AvgIpc) is 1.92. The Morgan fingerprint density at radius 1 is 1.10 bits per heavy atom. The summed E-state index contributed by atoms with van der Waals surface area (Å²) in [4.78, 5) is 0. The number of hydrogen-bond acceptors (Lipinski definition) is 1. The highest BCUT2D eigenvalue weighted by Crippen LogP contribution is 2.19. The van der Waals surface area contributed by atoms with Crippen molar-refractivity contribution in [3.8, 4) is 5.75 Å². The van der Waals surface area contributed by atoms with E-state index >= 15 is 0 Å². The van der Waals surface area contributed by atoms with Crippen molar-refractivity contribution >= 4 is 9.90 Å². The Morgan fingerprint density at radius 2 is 1.70 bits per heavy atom. The SMILES string of the molecule is [Cl-].[PH4+].c1cc2ccc1CO2. The van der Waals surface area contributed by atoms with E-state index in [4.69, 9.17) is 4.74 Å². The maximum atomic E-state index is 5.18. The van der Waals surface area contributed by atoms with Crippen LogP contribution in [0, 0.1) is 0 Å². The molecule has 0 spiro atoms. The molecule has 10 heavy (non-hydrogen) atoms. The van der Waals surface area contributed by atoms with Gasteiger partial charge in [-0.15, -0.1) is 0 Å². The summed E-state index contributed by atoms with van der Waals surface area (Å²) in [6, 6.07) is 8.13. The largest absolute Gasteiger partial charge is 1.00 e. The molecule has 2 heterocycles. The predicted octanol–water partition coefficient (Wildman–Crippen LogP) is -1.63. The van der Waals surface area contributed by atoms with Crippen molar-refractivity contribution < 1.29 is 17.1 Å². The number of rotatable bonds is 0. The third-order valence-electron chi connectivity index (χ3n) is 1.33. The molecule has 1 aromatic carbocycles. The van der Waals surface area contributed by atoms with Crippen LogP contribution in [-0.4, -0.2) is 0 Å². The van der Waals surface area contributed by atoms with Crippen LogP contribution < -0.4 is 17.1 Å². The zero-order valence-electron chi connectivity index (χ0n) is 5.80. The van der Waals surface area contributed by atoms with Crippen LogP contribution in [0.1, 0.15) is 5.56 Å². The van der Waals surface area contributed by atoms with Gasteiger partial charge in [0.15, 0.2) is 0 Å². The van der Waals surface area contributed by atoms with Gasteiger partial charge in [-0.2, -0.15) is 0 Å². The molecule has 0 saturated heterocycles. The van der Waals surface area contributed by atoms with Gasteiger partial charge in [0, 0.05) is 0 Å². The molecule has 2 aliphatic heterocycles. The molecule has 0 fully saturated rings. The monoisotopic (exact) mass is 176 g/mol. The minimum absolute atomic E-state index is 0. The number of benzene rings is 1. The third-order valence-corrected chi connectivity index (χ3v) is 1.33. The zero-order chi connectivity index (χ0) is 5.40. The smallest absolute Gasteiger partial charge is 0.119 e. The maximum absolute atomic E-state index is 5.18. The van der Waals surface area contributed by atoms with Crippen LogP contribution in [-0.2, 0) is 6.61 Å². The zero-order valence-corrected chi connectivity index (χ0v) is 8.56. The van der Waals surface area contributed by atoms with Gasteiger partial charge in [0.1, 0.15) is 12.4 Å². The van der Waals surface area contributed by atoms with Gasteiger partial charge in [-0.1, -0.05) is 12.1 Å². The maximum Gasteiger partial charge on any atom is 0.119 e. The highest BCUT2D eigenvalue weighted by molar-refractivity contribution is 6.92. The summed E-state index contributed by atoms with van der Waals surface area (Å²) in [5.74, 6) is 0.986. The van der Waals surface area contributed by atoms with Gasteiger partial charge in [-0.05, 0) is 27.6 Å². The van der Waals surface area contributed by atoms with E-state index in [1.54, 1.807) is 0 Å². The lowest BCUT2D eigenvalue weighted by Gasteiger charge is -2.11. The van der Waals surface area contributed by atoms with Crippen LogP contribution >= 0.6 is 9.90 Å². The van der Waals surface area contributed by atoms with Gasteiger partial charge in [0.25, 0.3) is 0 Å². The highest BCUT2D eigenvalue weighted by atomic mass is 35.5. The second kappa shape index (κ2) is 3.80. The molecule has 1 aromatic rings. The first-order valence-corrected chi connectivity index (χ1v) is 2.67. The van der Waals surface area contributed by atoms with E-state index in [1.807, 2.05) is 12.1 Å². The lowest BCUT2D eigenvalue weighted by molar-refractivity contribution is -0.00000211. The summed E-state index contributed by atoms with van der Waals surface area (Å²) < 4.78 is 5.18. The van der Waals surface area contributed by atoms with E-state index in [2.05, 4.69) is 12.1 Å². The molecule has 0 aromatic heterocycles. The van der Waals surface area contributed by atoms with E-state index in [0.717, 1.165) is 12.4 Å². The molecule has 0 radical (unpaired) electrons. The summed E-state index contributed by atoms with van der Waals surface area (Å²) in [7, 11) is 0. The number of halogens is 1. The van der Waals surface area contributed by atoms with Crippen molar-refractivity contribution in [2.75, 3.05) is 0 Å². The average molecular weight is 177 g/mol. The fraction of sp³-hybridized carbons (Fsp3) is 0.143. The van der Waals surface area contributed by atoms with Crippen molar-refractivity contribution in [3.63, 3.8) is 0 Å². The van der Waals surface area contributed by atoms with Gasteiger partial charge < -0.3 is 17.1 Å². The van der Waals surface area contributed by atoms with E-state index in [-0.39, 0.29) is 22.3 Å². The van der Waals surface area contributed by atoms with Crippen LogP contribution in [0.3, 0.4) is 0 Å². The number of hydrogen-bond donors (Lipinski definition) is 0. The molecule has 0 N–H and O–H groups in total. The van der Waals surface area contributed by atoms with Gasteiger partial charge in [-0.3, -0.25) is 0 Å². The van der Waals surface area contributed by atoms with Crippen molar-refractivity contribution in [1.82, 2.24) is 0 Å². The summed E-state index contributed by atoms with van der Waals surface area (Å²) in [5.41, 5.74) is 1.26. The molecule has 0 saturated carbocycles. The molecule has 1 unspecified atom stereocenters. The Bertz CT molecular complexity index is 174. The van der Waals surface area contributed by atoms with Gasteiger partial charge >= 0.3 is 0 Å². The molecule has 3 rings (SSSR count). The van der Waals surface area contributed by atoms with E-state index in [9.17, 15) is 0 Å². The number of fused-ring (bicyclic) bond motifs is 3.